The molecule has 0 saturated carbocycles. The molecule has 1 rings (SSSR count). The van der Waals surface area contributed by atoms with E-state index in [0.717, 1.165) is 6.42 Å². The third kappa shape index (κ3) is 4.49. The topological polar surface area (TPSA) is 63.2 Å². The molecule has 4 nitrogen and oxygen atoms in total. The van der Waals surface area contributed by atoms with Gasteiger partial charge < -0.3 is 5.32 Å². The van der Waals surface area contributed by atoms with Gasteiger partial charge in [-0.05, 0) is 25.5 Å². The maximum absolute atomic E-state index is 11.9. The maximum Gasteiger partial charge on any atom is 0.221 e. The van der Waals surface area contributed by atoms with Crippen LogP contribution in [0.5, 0.6) is 0 Å². The van der Waals surface area contributed by atoms with Gasteiger partial charge in [-0.25, -0.2) is 8.42 Å². The van der Waals surface area contributed by atoms with E-state index >= 15 is 0 Å². The highest BCUT2D eigenvalue weighted by Crippen LogP contribution is 2.11. The van der Waals surface area contributed by atoms with Crippen molar-refractivity contribution in [3.63, 3.8) is 0 Å². The summed E-state index contributed by atoms with van der Waals surface area (Å²) in [6, 6.07) is 8.27. The molecule has 0 fully saturated rings. The molecule has 1 aromatic carbocycles. The third-order valence-corrected chi connectivity index (χ3v) is 4.45. The van der Waals surface area contributed by atoms with E-state index in [-0.39, 0.29) is 29.0 Å². The molecule has 0 aliphatic rings. The van der Waals surface area contributed by atoms with Gasteiger partial charge in [0.25, 0.3) is 0 Å². The van der Waals surface area contributed by atoms with Crippen LogP contribution in [0.15, 0.2) is 35.2 Å². The molecule has 0 saturated heterocycles. The first-order valence-electron chi connectivity index (χ1n) is 6.03. The van der Waals surface area contributed by atoms with Crippen LogP contribution < -0.4 is 5.32 Å². The summed E-state index contributed by atoms with van der Waals surface area (Å²) < 4.78 is 23.8. The number of hydrogen-bond acceptors (Lipinski definition) is 3. The molecule has 1 amide bonds. The summed E-state index contributed by atoms with van der Waals surface area (Å²) in [5.41, 5.74) is 0. The van der Waals surface area contributed by atoms with Crippen molar-refractivity contribution in [2.45, 2.75) is 37.6 Å². The number of benzene rings is 1. The molecule has 1 unspecified atom stereocenters. The molecule has 0 aliphatic heterocycles. The van der Waals surface area contributed by atoms with E-state index in [1.807, 2.05) is 13.8 Å². The van der Waals surface area contributed by atoms with Crippen LogP contribution in [0.2, 0.25) is 0 Å². The van der Waals surface area contributed by atoms with Crippen LogP contribution >= 0.6 is 0 Å². The molecule has 0 radical (unpaired) electrons. The monoisotopic (exact) mass is 269 g/mol. The van der Waals surface area contributed by atoms with Gasteiger partial charge in [-0.15, -0.1) is 0 Å². The Hall–Kier alpha value is -1.36. The average molecular weight is 269 g/mol. The number of amides is 1. The molecular weight excluding hydrogens is 250 g/mol. The number of carbonyl (C=O) groups excluding carboxylic acids is 1. The first kappa shape index (κ1) is 14.7. The lowest BCUT2D eigenvalue weighted by Gasteiger charge is -2.11. The van der Waals surface area contributed by atoms with Crippen LogP contribution in [0, 0.1) is 0 Å². The Morgan fingerprint density at radius 2 is 1.89 bits per heavy atom. The van der Waals surface area contributed by atoms with Crippen molar-refractivity contribution in [1.29, 1.82) is 0 Å². The Labute approximate surface area is 108 Å². The van der Waals surface area contributed by atoms with Gasteiger partial charge in [0.2, 0.25) is 5.91 Å². The minimum Gasteiger partial charge on any atom is -0.354 e. The zero-order valence-electron chi connectivity index (χ0n) is 10.7. The number of nitrogens with one attached hydrogen (secondary N) is 1. The van der Waals surface area contributed by atoms with Gasteiger partial charge in [0, 0.05) is 12.5 Å². The Balaban J connectivity index is 2.56. The largest absolute Gasteiger partial charge is 0.354 e. The van der Waals surface area contributed by atoms with Crippen LogP contribution in [0.25, 0.3) is 0 Å². The summed E-state index contributed by atoms with van der Waals surface area (Å²) in [5.74, 6) is -0.372. The molecule has 0 aliphatic carbocycles. The fourth-order valence-electron chi connectivity index (χ4n) is 1.42. The van der Waals surface area contributed by atoms with Crippen molar-refractivity contribution >= 4 is 15.7 Å². The fourth-order valence-corrected chi connectivity index (χ4v) is 2.68. The second kappa shape index (κ2) is 6.54. The lowest BCUT2D eigenvalue weighted by atomic mass is 10.2. The highest BCUT2D eigenvalue weighted by Gasteiger charge is 2.16. The van der Waals surface area contributed by atoms with Gasteiger partial charge in [0.1, 0.15) is 0 Å². The van der Waals surface area contributed by atoms with Crippen molar-refractivity contribution in [3.8, 4) is 0 Å². The zero-order valence-corrected chi connectivity index (χ0v) is 11.5. The summed E-state index contributed by atoms with van der Waals surface area (Å²) in [6.45, 7) is 3.86. The normalized spacial score (nSPS) is 13.0. The quantitative estimate of drug-likeness (QED) is 0.856. The number of hydrogen-bond donors (Lipinski definition) is 1. The average Bonchev–Trinajstić information content (AvgIpc) is 2.37. The number of carbonyl (C=O) groups is 1. The number of sulfone groups is 1. The third-order valence-electron chi connectivity index (χ3n) is 2.72. The van der Waals surface area contributed by atoms with Gasteiger partial charge in [-0.3, -0.25) is 4.79 Å². The minimum atomic E-state index is -3.36. The van der Waals surface area contributed by atoms with E-state index in [2.05, 4.69) is 5.32 Å². The van der Waals surface area contributed by atoms with Crippen molar-refractivity contribution in [1.82, 2.24) is 5.32 Å². The van der Waals surface area contributed by atoms with Gasteiger partial charge in [0.15, 0.2) is 9.84 Å². The first-order valence-corrected chi connectivity index (χ1v) is 7.68. The van der Waals surface area contributed by atoms with Gasteiger partial charge in [-0.2, -0.15) is 0 Å². The number of rotatable bonds is 6. The molecule has 1 N–H and O–H groups in total. The lowest BCUT2D eigenvalue weighted by molar-refractivity contribution is -0.121. The van der Waals surface area contributed by atoms with E-state index in [1.54, 1.807) is 30.3 Å². The van der Waals surface area contributed by atoms with Crippen LogP contribution in [0.1, 0.15) is 26.7 Å². The standard InChI is InChI=1S/C13H19NO3S/c1-3-11(2)14-13(15)9-10-18(16,17)12-7-5-4-6-8-12/h4-8,11H,3,9-10H2,1-2H3,(H,14,15). The van der Waals surface area contributed by atoms with Gasteiger partial charge in [0.05, 0.1) is 10.6 Å². The molecule has 0 aromatic heterocycles. The summed E-state index contributed by atoms with van der Waals surface area (Å²) in [5, 5.41) is 2.75. The van der Waals surface area contributed by atoms with E-state index in [0.29, 0.717) is 0 Å². The Morgan fingerprint density at radius 3 is 2.44 bits per heavy atom. The molecular formula is C13H19NO3S. The molecule has 0 bridgehead atoms. The smallest absolute Gasteiger partial charge is 0.221 e. The second-order valence-corrected chi connectivity index (χ2v) is 6.37. The zero-order chi connectivity index (χ0) is 13.6. The van der Waals surface area contributed by atoms with Crippen LogP contribution in [0.3, 0.4) is 0 Å². The summed E-state index contributed by atoms with van der Waals surface area (Å²) in [6.07, 6.45) is 0.832. The van der Waals surface area contributed by atoms with Crippen molar-refractivity contribution in [2.75, 3.05) is 5.75 Å². The highest BCUT2D eigenvalue weighted by molar-refractivity contribution is 7.91. The lowest BCUT2D eigenvalue weighted by Crippen LogP contribution is -2.33. The van der Waals surface area contributed by atoms with Crippen molar-refractivity contribution < 1.29 is 13.2 Å². The Bertz CT molecular complexity index is 482. The Morgan fingerprint density at radius 1 is 1.28 bits per heavy atom. The molecule has 1 atom stereocenters. The SMILES string of the molecule is CCC(C)NC(=O)CCS(=O)(=O)c1ccccc1. The molecule has 0 spiro atoms. The van der Waals surface area contributed by atoms with E-state index < -0.39 is 9.84 Å². The van der Waals surface area contributed by atoms with Crippen LogP contribution in [-0.2, 0) is 14.6 Å². The second-order valence-electron chi connectivity index (χ2n) is 4.26. The predicted molar refractivity (Wildman–Crippen MR) is 71.0 cm³/mol. The van der Waals surface area contributed by atoms with Gasteiger partial charge >= 0.3 is 0 Å². The van der Waals surface area contributed by atoms with E-state index in [4.69, 9.17) is 0 Å². The molecule has 18 heavy (non-hydrogen) atoms. The fraction of sp³-hybridized carbons (Fsp3) is 0.462. The summed E-state index contributed by atoms with van der Waals surface area (Å²) in [7, 11) is -3.36. The minimum absolute atomic E-state index is 0.00156. The predicted octanol–water partition coefficient (Wildman–Crippen LogP) is 1.77. The molecule has 5 heteroatoms. The van der Waals surface area contributed by atoms with E-state index in [9.17, 15) is 13.2 Å². The maximum atomic E-state index is 11.9. The summed E-state index contributed by atoms with van der Waals surface area (Å²) >= 11 is 0. The summed E-state index contributed by atoms with van der Waals surface area (Å²) in [4.78, 5) is 11.8. The molecule has 100 valence electrons. The first-order chi connectivity index (χ1) is 8.45. The van der Waals surface area contributed by atoms with Crippen LogP contribution in [0.4, 0.5) is 0 Å². The van der Waals surface area contributed by atoms with Crippen LogP contribution in [-0.4, -0.2) is 26.1 Å². The van der Waals surface area contributed by atoms with Crippen molar-refractivity contribution in [2.24, 2.45) is 0 Å². The van der Waals surface area contributed by atoms with E-state index in [1.165, 1.54) is 0 Å². The molecule has 0 heterocycles. The van der Waals surface area contributed by atoms with Gasteiger partial charge in [-0.1, -0.05) is 25.1 Å². The van der Waals surface area contributed by atoms with Crippen molar-refractivity contribution in [3.05, 3.63) is 30.3 Å². The highest BCUT2D eigenvalue weighted by atomic mass is 32.2. The molecule has 1 aromatic rings. The Kier molecular flexibility index (Phi) is 5.34.